The molecule has 0 aromatic carbocycles. The highest BCUT2D eigenvalue weighted by Gasteiger charge is 1.97. The molecule has 0 aliphatic heterocycles. The van der Waals surface area contributed by atoms with Crippen molar-refractivity contribution in [2.45, 2.75) is 6.42 Å². The van der Waals surface area contributed by atoms with E-state index >= 15 is 0 Å². The molecule has 0 amide bonds. The molecule has 0 aliphatic carbocycles. The molecule has 2 N–H and O–H groups in total. The van der Waals surface area contributed by atoms with Gasteiger partial charge in [-0.3, -0.25) is 4.79 Å². The van der Waals surface area contributed by atoms with E-state index in [1.165, 1.54) is 12.1 Å². The van der Waals surface area contributed by atoms with Gasteiger partial charge >= 0.3 is 5.97 Å². The van der Waals surface area contributed by atoms with Crippen LogP contribution in [0.1, 0.15) is 6.42 Å². The van der Waals surface area contributed by atoms with Crippen LogP contribution in [0.2, 0.25) is 0 Å². The van der Waals surface area contributed by atoms with E-state index in [2.05, 4.69) is 10.3 Å². The Balaban J connectivity index is 2.37. The maximum Gasteiger partial charge on any atom is 0.305 e. The van der Waals surface area contributed by atoms with E-state index in [1.807, 2.05) is 0 Å². The van der Waals surface area contributed by atoms with E-state index in [9.17, 15) is 9.18 Å². The number of anilines is 1. The van der Waals surface area contributed by atoms with Crippen LogP contribution >= 0.6 is 0 Å². The maximum atomic E-state index is 12.4. The fraction of sp³-hybridized carbons (Fsp3) is 0.250. The minimum absolute atomic E-state index is 0.0130. The van der Waals surface area contributed by atoms with E-state index in [-0.39, 0.29) is 13.0 Å². The molecule has 13 heavy (non-hydrogen) atoms. The van der Waals surface area contributed by atoms with Crippen LogP contribution in [0.4, 0.5) is 10.2 Å². The molecule has 0 spiro atoms. The number of carboxylic acids is 1. The molecular weight excluding hydrogens is 175 g/mol. The Hall–Kier alpha value is -1.65. The number of carbonyl (C=O) groups is 1. The summed E-state index contributed by atoms with van der Waals surface area (Å²) in [6, 6.07) is 2.72. The number of aromatic nitrogens is 1. The lowest BCUT2D eigenvalue weighted by Gasteiger charge is -2.01. The molecule has 1 aromatic rings. The van der Waals surface area contributed by atoms with E-state index in [0.29, 0.717) is 5.82 Å². The van der Waals surface area contributed by atoms with Gasteiger partial charge in [0.25, 0.3) is 0 Å². The summed E-state index contributed by atoms with van der Waals surface area (Å²) in [5.74, 6) is -0.818. The quantitative estimate of drug-likeness (QED) is 0.735. The smallest absolute Gasteiger partial charge is 0.305 e. The van der Waals surface area contributed by atoms with Crippen molar-refractivity contribution in [1.82, 2.24) is 4.98 Å². The molecule has 0 bridgehead atoms. The van der Waals surface area contributed by atoms with Crippen LogP contribution in [0.25, 0.3) is 0 Å². The fourth-order valence-electron chi connectivity index (χ4n) is 0.778. The summed E-state index contributed by atoms with van der Waals surface area (Å²) in [6.07, 6.45) is 1.09. The van der Waals surface area contributed by atoms with Gasteiger partial charge < -0.3 is 10.4 Å². The van der Waals surface area contributed by atoms with Gasteiger partial charge in [0, 0.05) is 6.54 Å². The molecule has 0 saturated carbocycles. The second-order valence-electron chi connectivity index (χ2n) is 2.43. The molecule has 1 rings (SSSR count). The summed E-state index contributed by atoms with van der Waals surface area (Å²) in [5.41, 5.74) is 0. The van der Waals surface area contributed by atoms with Gasteiger partial charge in [-0.05, 0) is 12.1 Å². The van der Waals surface area contributed by atoms with Crippen LogP contribution in [-0.4, -0.2) is 22.6 Å². The predicted octanol–water partition coefficient (Wildman–Crippen LogP) is 1.11. The van der Waals surface area contributed by atoms with E-state index in [0.717, 1.165) is 6.20 Å². The zero-order valence-corrected chi connectivity index (χ0v) is 6.83. The number of nitrogens with zero attached hydrogens (tertiary/aromatic N) is 1. The lowest BCUT2D eigenvalue weighted by atomic mass is 10.4. The highest BCUT2D eigenvalue weighted by atomic mass is 19.1. The lowest BCUT2D eigenvalue weighted by Crippen LogP contribution is -2.08. The SMILES string of the molecule is O=C(O)CCNc1ccc(F)cn1. The molecule has 4 nitrogen and oxygen atoms in total. The molecule has 0 radical (unpaired) electrons. The van der Waals surface area contributed by atoms with Crippen molar-refractivity contribution < 1.29 is 14.3 Å². The van der Waals surface area contributed by atoms with Crippen molar-refractivity contribution in [3.63, 3.8) is 0 Å². The number of hydrogen-bond donors (Lipinski definition) is 2. The highest BCUT2D eigenvalue weighted by molar-refractivity contribution is 5.67. The number of nitrogens with one attached hydrogen (secondary N) is 1. The fourth-order valence-corrected chi connectivity index (χ4v) is 0.778. The number of carboxylic acid groups (broad SMARTS) is 1. The average molecular weight is 184 g/mol. The van der Waals surface area contributed by atoms with Crippen molar-refractivity contribution in [3.05, 3.63) is 24.1 Å². The molecule has 0 saturated heterocycles. The summed E-state index contributed by atoms with van der Waals surface area (Å²) in [5, 5.41) is 11.1. The topological polar surface area (TPSA) is 62.2 Å². The van der Waals surface area contributed by atoms with E-state index in [1.54, 1.807) is 0 Å². The first-order chi connectivity index (χ1) is 6.18. The normalized spacial score (nSPS) is 9.62. The van der Waals surface area contributed by atoms with Gasteiger partial charge in [0.2, 0.25) is 0 Å². The van der Waals surface area contributed by atoms with Gasteiger partial charge in [0.15, 0.2) is 0 Å². The second kappa shape index (κ2) is 4.39. The Morgan fingerprint density at radius 3 is 2.92 bits per heavy atom. The summed E-state index contributed by atoms with van der Waals surface area (Å²) >= 11 is 0. The standard InChI is InChI=1S/C8H9FN2O2/c9-6-1-2-7(11-5-6)10-4-3-8(12)13/h1-2,5H,3-4H2,(H,10,11)(H,12,13). The first-order valence-electron chi connectivity index (χ1n) is 3.75. The van der Waals surface area contributed by atoms with Gasteiger partial charge in [-0.2, -0.15) is 0 Å². The summed E-state index contributed by atoms with van der Waals surface area (Å²) < 4.78 is 12.4. The van der Waals surface area contributed by atoms with Gasteiger partial charge in [0.05, 0.1) is 12.6 Å². The molecule has 0 fully saturated rings. The van der Waals surface area contributed by atoms with Crippen molar-refractivity contribution in [1.29, 1.82) is 0 Å². The molecule has 1 aromatic heterocycles. The third-order valence-corrected chi connectivity index (χ3v) is 1.37. The number of rotatable bonds is 4. The van der Waals surface area contributed by atoms with Crippen molar-refractivity contribution in [2.75, 3.05) is 11.9 Å². The summed E-state index contributed by atoms with van der Waals surface area (Å²) in [4.78, 5) is 13.8. The Morgan fingerprint density at radius 2 is 2.38 bits per heavy atom. The van der Waals surface area contributed by atoms with Crippen LogP contribution in [-0.2, 0) is 4.79 Å². The monoisotopic (exact) mass is 184 g/mol. The number of aliphatic carboxylic acids is 1. The van der Waals surface area contributed by atoms with Crippen molar-refractivity contribution in [3.8, 4) is 0 Å². The van der Waals surface area contributed by atoms with Crippen molar-refractivity contribution in [2.24, 2.45) is 0 Å². The van der Waals surface area contributed by atoms with E-state index in [4.69, 9.17) is 5.11 Å². The zero-order chi connectivity index (χ0) is 9.68. The van der Waals surface area contributed by atoms with Crippen LogP contribution < -0.4 is 5.32 Å². The summed E-state index contributed by atoms with van der Waals surface area (Å²) in [7, 11) is 0. The molecule has 1 heterocycles. The third-order valence-electron chi connectivity index (χ3n) is 1.37. The average Bonchev–Trinajstić information content (AvgIpc) is 2.08. The Morgan fingerprint density at radius 1 is 1.62 bits per heavy atom. The molecule has 0 atom stereocenters. The Kier molecular flexibility index (Phi) is 3.19. The van der Waals surface area contributed by atoms with E-state index < -0.39 is 11.8 Å². The Labute approximate surface area is 74.4 Å². The molecule has 5 heteroatoms. The van der Waals surface area contributed by atoms with Gasteiger partial charge in [-0.15, -0.1) is 0 Å². The zero-order valence-electron chi connectivity index (χ0n) is 6.83. The predicted molar refractivity (Wildman–Crippen MR) is 44.9 cm³/mol. The minimum Gasteiger partial charge on any atom is -0.481 e. The lowest BCUT2D eigenvalue weighted by molar-refractivity contribution is -0.136. The first kappa shape index (κ1) is 9.44. The van der Waals surface area contributed by atoms with Crippen LogP contribution in [0, 0.1) is 5.82 Å². The second-order valence-corrected chi connectivity index (χ2v) is 2.43. The highest BCUT2D eigenvalue weighted by Crippen LogP contribution is 2.02. The van der Waals surface area contributed by atoms with Crippen LogP contribution in [0.5, 0.6) is 0 Å². The first-order valence-corrected chi connectivity index (χ1v) is 3.75. The number of halogens is 1. The van der Waals surface area contributed by atoms with Gasteiger partial charge in [0.1, 0.15) is 11.6 Å². The summed E-state index contributed by atoms with van der Waals surface area (Å²) in [6.45, 7) is 0.286. The van der Waals surface area contributed by atoms with Crippen LogP contribution in [0.3, 0.4) is 0 Å². The molecular formula is C8H9FN2O2. The maximum absolute atomic E-state index is 12.4. The molecule has 70 valence electrons. The Bertz CT molecular complexity index is 287. The molecule has 0 unspecified atom stereocenters. The molecule has 0 aliphatic rings. The van der Waals surface area contributed by atoms with Crippen LogP contribution in [0.15, 0.2) is 18.3 Å². The van der Waals surface area contributed by atoms with Gasteiger partial charge in [-0.1, -0.05) is 0 Å². The van der Waals surface area contributed by atoms with Gasteiger partial charge in [-0.25, -0.2) is 9.37 Å². The number of pyridine rings is 1. The largest absolute Gasteiger partial charge is 0.481 e. The third kappa shape index (κ3) is 3.50. The number of hydrogen-bond acceptors (Lipinski definition) is 3. The minimum atomic E-state index is -0.880. The van der Waals surface area contributed by atoms with Crippen molar-refractivity contribution >= 4 is 11.8 Å².